The summed E-state index contributed by atoms with van der Waals surface area (Å²) < 4.78 is 5.10. The molecule has 1 aromatic carbocycles. The van der Waals surface area contributed by atoms with E-state index in [9.17, 15) is 4.79 Å². The van der Waals surface area contributed by atoms with Crippen LogP contribution in [0.2, 0.25) is 0 Å². The van der Waals surface area contributed by atoms with Crippen molar-refractivity contribution in [2.45, 2.75) is 32.8 Å². The Hall–Kier alpha value is -1.64. The van der Waals surface area contributed by atoms with Crippen LogP contribution in [0.25, 0.3) is 0 Å². The fraction of sp³-hybridized carbons (Fsp3) is 0.385. The van der Waals surface area contributed by atoms with Gasteiger partial charge in [-0.05, 0) is 25.3 Å². The first kappa shape index (κ1) is 12.4. The number of carbonyl (C=O) groups excluding carboxylic acids is 1. The predicted octanol–water partition coefficient (Wildman–Crippen LogP) is 2.94. The second-order valence-electron chi connectivity index (χ2n) is 3.78. The zero-order chi connectivity index (χ0) is 11.8. The van der Waals surface area contributed by atoms with E-state index in [0.717, 1.165) is 5.56 Å². The molecule has 0 saturated heterocycles. The summed E-state index contributed by atoms with van der Waals surface area (Å²) in [6.45, 7) is 2.08. The van der Waals surface area contributed by atoms with E-state index in [1.807, 2.05) is 30.3 Å². The molecule has 0 aliphatic rings. The van der Waals surface area contributed by atoms with Gasteiger partial charge in [0.15, 0.2) is 0 Å². The van der Waals surface area contributed by atoms with Crippen molar-refractivity contribution < 1.29 is 9.53 Å². The average molecular weight is 219 g/mol. The summed E-state index contributed by atoms with van der Waals surface area (Å²) in [7, 11) is 0. The molecule has 0 heterocycles. The molecule has 1 rings (SSSR count). The summed E-state index contributed by atoms with van der Waals surface area (Å²) >= 11 is 0. The maximum absolute atomic E-state index is 11.3. The van der Waals surface area contributed by atoms with Crippen LogP contribution in [0.4, 0.5) is 0 Å². The van der Waals surface area contributed by atoms with Crippen LogP contribution in [0.5, 0.6) is 0 Å². The molecule has 0 aliphatic carbocycles. The molecule has 0 saturated carbocycles. The van der Waals surface area contributed by atoms with Gasteiger partial charge < -0.3 is 10.1 Å². The number of benzene rings is 1. The summed E-state index contributed by atoms with van der Waals surface area (Å²) in [6.07, 6.45) is 1.76. The fourth-order valence-corrected chi connectivity index (χ4v) is 1.31. The molecule has 0 spiro atoms. The first-order valence-electron chi connectivity index (χ1n) is 5.42. The van der Waals surface area contributed by atoms with Gasteiger partial charge in [-0.15, -0.1) is 0 Å². The zero-order valence-electron chi connectivity index (χ0n) is 9.53. The number of hydrogen-bond acceptors (Lipinski definition) is 3. The molecule has 1 N–H and O–H groups in total. The molecule has 0 amide bonds. The molecule has 0 aliphatic heterocycles. The molecule has 0 atom stereocenters. The van der Waals surface area contributed by atoms with Gasteiger partial charge in [0.1, 0.15) is 6.61 Å². The van der Waals surface area contributed by atoms with Crippen LogP contribution in [0.1, 0.15) is 31.7 Å². The normalized spacial score (nSPS) is 9.81. The van der Waals surface area contributed by atoms with Gasteiger partial charge in [-0.25, -0.2) is 0 Å². The van der Waals surface area contributed by atoms with Gasteiger partial charge >= 0.3 is 5.97 Å². The molecule has 16 heavy (non-hydrogen) atoms. The molecule has 3 nitrogen and oxygen atoms in total. The highest BCUT2D eigenvalue weighted by Crippen LogP contribution is 2.04. The van der Waals surface area contributed by atoms with Crippen molar-refractivity contribution >= 4 is 11.7 Å². The lowest BCUT2D eigenvalue weighted by Gasteiger charge is -2.04. The largest absolute Gasteiger partial charge is 0.461 e. The quantitative estimate of drug-likeness (QED) is 0.590. The van der Waals surface area contributed by atoms with Gasteiger partial charge in [0.2, 0.25) is 0 Å². The first-order valence-corrected chi connectivity index (χ1v) is 5.42. The highest BCUT2D eigenvalue weighted by atomic mass is 16.5. The number of carbonyl (C=O) groups is 1. The predicted molar refractivity (Wildman–Crippen MR) is 63.5 cm³/mol. The van der Waals surface area contributed by atoms with Crippen molar-refractivity contribution in [2.75, 3.05) is 0 Å². The Balaban J connectivity index is 2.18. The second kappa shape index (κ2) is 6.77. The third-order valence-electron chi connectivity index (χ3n) is 2.18. The van der Waals surface area contributed by atoms with E-state index in [0.29, 0.717) is 31.6 Å². The maximum atomic E-state index is 11.3. The lowest BCUT2D eigenvalue weighted by atomic mass is 10.2. The standard InChI is InChI=1S/C13H17NO2/c1-11(14)6-5-9-13(15)16-10-12-7-3-2-4-8-12/h2-4,7-8,14H,5-6,9-10H2,1H3. The van der Waals surface area contributed by atoms with Gasteiger partial charge in [-0.1, -0.05) is 30.3 Å². The minimum absolute atomic E-state index is 0.190. The van der Waals surface area contributed by atoms with Crippen molar-refractivity contribution in [1.82, 2.24) is 0 Å². The highest BCUT2D eigenvalue weighted by molar-refractivity contribution is 5.79. The Morgan fingerprint density at radius 1 is 1.25 bits per heavy atom. The number of nitrogens with one attached hydrogen (secondary N) is 1. The topological polar surface area (TPSA) is 50.2 Å². The molecule has 0 bridgehead atoms. The molecule has 0 radical (unpaired) electrons. The van der Waals surface area contributed by atoms with Crippen molar-refractivity contribution in [3.8, 4) is 0 Å². The Morgan fingerprint density at radius 3 is 2.56 bits per heavy atom. The average Bonchev–Trinajstić information content (AvgIpc) is 2.27. The summed E-state index contributed by atoms with van der Waals surface area (Å²) in [6, 6.07) is 9.62. The molecule has 0 unspecified atom stereocenters. The summed E-state index contributed by atoms with van der Waals surface area (Å²) in [4.78, 5) is 11.3. The van der Waals surface area contributed by atoms with Gasteiger partial charge in [-0.3, -0.25) is 4.79 Å². The molecule has 1 aromatic rings. The smallest absolute Gasteiger partial charge is 0.306 e. The monoisotopic (exact) mass is 219 g/mol. The minimum Gasteiger partial charge on any atom is -0.461 e. The van der Waals surface area contributed by atoms with Gasteiger partial charge in [0, 0.05) is 12.1 Å². The summed E-state index contributed by atoms with van der Waals surface area (Å²) in [5, 5.41) is 7.22. The van der Waals surface area contributed by atoms with E-state index in [1.54, 1.807) is 6.92 Å². The lowest BCUT2D eigenvalue weighted by molar-refractivity contribution is -0.145. The number of hydrogen-bond donors (Lipinski definition) is 1. The van der Waals surface area contributed by atoms with Crippen LogP contribution in [0, 0.1) is 5.41 Å². The van der Waals surface area contributed by atoms with Crippen LogP contribution in [-0.4, -0.2) is 11.7 Å². The first-order chi connectivity index (χ1) is 7.68. The highest BCUT2D eigenvalue weighted by Gasteiger charge is 2.03. The van der Waals surface area contributed by atoms with E-state index in [2.05, 4.69) is 0 Å². The molecule has 0 fully saturated rings. The Bertz CT molecular complexity index is 346. The van der Waals surface area contributed by atoms with E-state index >= 15 is 0 Å². The van der Waals surface area contributed by atoms with Crippen molar-refractivity contribution in [1.29, 1.82) is 5.41 Å². The number of esters is 1. The van der Waals surface area contributed by atoms with Gasteiger partial charge in [-0.2, -0.15) is 0 Å². The van der Waals surface area contributed by atoms with E-state index in [-0.39, 0.29) is 5.97 Å². The van der Waals surface area contributed by atoms with Crippen molar-refractivity contribution in [3.05, 3.63) is 35.9 Å². The molecule has 0 aromatic heterocycles. The van der Waals surface area contributed by atoms with Gasteiger partial charge in [0.25, 0.3) is 0 Å². The van der Waals surface area contributed by atoms with Crippen LogP contribution in [-0.2, 0) is 16.1 Å². The minimum atomic E-state index is -0.190. The molecule has 86 valence electrons. The van der Waals surface area contributed by atoms with Crippen LogP contribution >= 0.6 is 0 Å². The Kier molecular flexibility index (Phi) is 5.26. The summed E-state index contributed by atoms with van der Waals surface area (Å²) in [5.74, 6) is -0.190. The third kappa shape index (κ3) is 5.29. The maximum Gasteiger partial charge on any atom is 0.306 e. The van der Waals surface area contributed by atoms with Crippen LogP contribution < -0.4 is 0 Å². The number of ether oxygens (including phenoxy) is 1. The molecule has 3 heteroatoms. The number of rotatable bonds is 6. The van der Waals surface area contributed by atoms with E-state index in [4.69, 9.17) is 10.1 Å². The van der Waals surface area contributed by atoms with Crippen molar-refractivity contribution in [2.24, 2.45) is 0 Å². The SMILES string of the molecule is CC(=N)CCCC(=O)OCc1ccccc1. The van der Waals surface area contributed by atoms with Crippen LogP contribution in [0.3, 0.4) is 0 Å². The van der Waals surface area contributed by atoms with E-state index < -0.39 is 0 Å². The molecular weight excluding hydrogens is 202 g/mol. The summed E-state index contributed by atoms with van der Waals surface area (Å²) in [5.41, 5.74) is 1.61. The zero-order valence-corrected chi connectivity index (χ0v) is 9.53. The molecular formula is C13H17NO2. The van der Waals surface area contributed by atoms with Crippen LogP contribution in [0.15, 0.2) is 30.3 Å². The van der Waals surface area contributed by atoms with Gasteiger partial charge in [0.05, 0.1) is 0 Å². The Morgan fingerprint density at radius 2 is 1.94 bits per heavy atom. The second-order valence-corrected chi connectivity index (χ2v) is 3.78. The van der Waals surface area contributed by atoms with Crippen molar-refractivity contribution in [3.63, 3.8) is 0 Å². The lowest BCUT2D eigenvalue weighted by Crippen LogP contribution is -2.05. The third-order valence-corrected chi connectivity index (χ3v) is 2.18. The van der Waals surface area contributed by atoms with E-state index in [1.165, 1.54) is 0 Å². The fourth-order valence-electron chi connectivity index (χ4n) is 1.31. The Labute approximate surface area is 95.9 Å².